The quantitative estimate of drug-likeness (QED) is 0.672. The standard InChI is InChI=1S/C13H18ClN3O/c1-2-9-4-3-5-10(6-9)17-13-11(7-18)12(14)15-8-16-13/h7-10H,2-6H2,1H3,(H,15,16,17). The second-order valence-corrected chi connectivity index (χ2v) is 5.18. The Bertz CT molecular complexity index is 425. The number of carbonyl (C=O) groups is 1. The van der Waals surface area contributed by atoms with Crippen LogP contribution in [0.2, 0.25) is 5.15 Å². The third-order valence-electron chi connectivity index (χ3n) is 3.65. The van der Waals surface area contributed by atoms with Gasteiger partial charge in [0.25, 0.3) is 0 Å². The van der Waals surface area contributed by atoms with Gasteiger partial charge in [-0.15, -0.1) is 0 Å². The van der Waals surface area contributed by atoms with Gasteiger partial charge in [0, 0.05) is 6.04 Å². The Balaban J connectivity index is 2.09. The van der Waals surface area contributed by atoms with Gasteiger partial charge < -0.3 is 5.32 Å². The lowest BCUT2D eigenvalue weighted by atomic mass is 9.84. The van der Waals surface area contributed by atoms with Crippen molar-refractivity contribution in [2.45, 2.75) is 45.1 Å². The lowest BCUT2D eigenvalue weighted by Gasteiger charge is -2.29. The molecule has 4 nitrogen and oxygen atoms in total. The number of carbonyl (C=O) groups excluding carboxylic acids is 1. The van der Waals surface area contributed by atoms with E-state index < -0.39 is 0 Å². The van der Waals surface area contributed by atoms with Crippen molar-refractivity contribution in [2.75, 3.05) is 5.32 Å². The van der Waals surface area contributed by atoms with Crippen LogP contribution in [-0.4, -0.2) is 22.3 Å². The summed E-state index contributed by atoms with van der Waals surface area (Å²) in [5.41, 5.74) is 0.359. The molecule has 1 N–H and O–H groups in total. The smallest absolute Gasteiger partial charge is 0.156 e. The van der Waals surface area contributed by atoms with Crippen LogP contribution >= 0.6 is 11.6 Å². The highest BCUT2D eigenvalue weighted by Gasteiger charge is 2.22. The maximum absolute atomic E-state index is 11.0. The van der Waals surface area contributed by atoms with Gasteiger partial charge in [-0.1, -0.05) is 37.8 Å². The number of aldehydes is 1. The summed E-state index contributed by atoms with van der Waals surface area (Å²) in [5, 5.41) is 3.55. The second-order valence-electron chi connectivity index (χ2n) is 4.83. The Morgan fingerprint density at radius 1 is 1.50 bits per heavy atom. The molecule has 1 fully saturated rings. The summed E-state index contributed by atoms with van der Waals surface area (Å²) in [6, 6.07) is 0.383. The minimum atomic E-state index is 0.213. The van der Waals surface area contributed by atoms with Gasteiger partial charge >= 0.3 is 0 Å². The molecule has 1 saturated carbocycles. The molecule has 0 spiro atoms. The molecule has 0 aliphatic heterocycles. The Kier molecular flexibility index (Phi) is 4.53. The number of hydrogen-bond donors (Lipinski definition) is 1. The predicted octanol–water partition coefficient (Wildman–Crippen LogP) is 3.32. The summed E-state index contributed by atoms with van der Waals surface area (Å²) >= 11 is 5.88. The molecule has 1 aliphatic carbocycles. The molecule has 1 heterocycles. The van der Waals surface area contributed by atoms with Crippen molar-refractivity contribution in [1.82, 2.24) is 9.97 Å². The largest absolute Gasteiger partial charge is 0.367 e. The van der Waals surface area contributed by atoms with E-state index in [4.69, 9.17) is 11.6 Å². The molecule has 1 aliphatic rings. The Morgan fingerprint density at radius 2 is 2.33 bits per heavy atom. The van der Waals surface area contributed by atoms with Gasteiger partial charge in [-0.2, -0.15) is 0 Å². The zero-order valence-electron chi connectivity index (χ0n) is 10.5. The molecule has 0 aromatic carbocycles. The van der Waals surface area contributed by atoms with E-state index in [2.05, 4.69) is 22.2 Å². The number of nitrogens with one attached hydrogen (secondary N) is 1. The molecule has 1 aromatic heterocycles. The minimum absolute atomic E-state index is 0.213. The van der Waals surface area contributed by atoms with Crippen LogP contribution in [0.25, 0.3) is 0 Å². The number of halogens is 1. The van der Waals surface area contributed by atoms with E-state index in [-0.39, 0.29) is 5.15 Å². The van der Waals surface area contributed by atoms with Gasteiger partial charge in [-0.3, -0.25) is 4.79 Å². The van der Waals surface area contributed by atoms with Gasteiger partial charge in [-0.25, -0.2) is 9.97 Å². The van der Waals surface area contributed by atoms with Crippen molar-refractivity contribution in [3.8, 4) is 0 Å². The lowest BCUT2D eigenvalue weighted by molar-refractivity contribution is 0.112. The highest BCUT2D eigenvalue weighted by Crippen LogP contribution is 2.29. The van der Waals surface area contributed by atoms with Gasteiger partial charge in [0.2, 0.25) is 0 Å². The number of nitrogens with zero attached hydrogens (tertiary/aromatic N) is 2. The number of anilines is 1. The Morgan fingerprint density at radius 3 is 3.06 bits per heavy atom. The van der Waals surface area contributed by atoms with E-state index in [1.165, 1.54) is 25.6 Å². The van der Waals surface area contributed by atoms with Crippen LogP contribution in [0.15, 0.2) is 6.33 Å². The van der Waals surface area contributed by atoms with Gasteiger partial charge in [-0.05, 0) is 18.8 Å². The number of rotatable bonds is 4. The highest BCUT2D eigenvalue weighted by molar-refractivity contribution is 6.32. The van der Waals surface area contributed by atoms with E-state index >= 15 is 0 Å². The van der Waals surface area contributed by atoms with Crippen molar-refractivity contribution in [3.63, 3.8) is 0 Å². The molecular formula is C13H18ClN3O. The SMILES string of the molecule is CCC1CCCC(Nc2ncnc(Cl)c2C=O)C1. The van der Waals surface area contributed by atoms with Crippen molar-refractivity contribution >= 4 is 23.7 Å². The normalized spacial score (nSPS) is 23.7. The zero-order chi connectivity index (χ0) is 13.0. The lowest BCUT2D eigenvalue weighted by Crippen LogP contribution is -2.28. The van der Waals surface area contributed by atoms with Crippen LogP contribution in [0.3, 0.4) is 0 Å². The summed E-state index contributed by atoms with van der Waals surface area (Å²) in [4.78, 5) is 18.9. The van der Waals surface area contributed by atoms with E-state index in [1.807, 2.05) is 0 Å². The minimum Gasteiger partial charge on any atom is -0.367 e. The van der Waals surface area contributed by atoms with Gasteiger partial charge in [0.1, 0.15) is 17.3 Å². The number of hydrogen-bond acceptors (Lipinski definition) is 4. The van der Waals surface area contributed by atoms with Crippen LogP contribution in [0.1, 0.15) is 49.4 Å². The predicted molar refractivity (Wildman–Crippen MR) is 72.1 cm³/mol. The molecule has 98 valence electrons. The fourth-order valence-corrected chi connectivity index (χ4v) is 2.76. The van der Waals surface area contributed by atoms with Crippen molar-refractivity contribution < 1.29 is 4.79 Å². The van der Waals surface area contributed by atoms with E-state index in [0.717, 1.165) is 18.8 Å². The Hall–Kier alpha value is -1.16. The maximum atomic E-state index is 11.0. The van der Waals surface area contributed by atoms with Crippen LogP contribution in [0.5, 0.6) is 0 Å². The molecule has 2 unspecified atom stereocenters. The van der Waals surface area contributed by atoms with Crippen LogP contribution in [0.4, 0.5) is 5.82 Å². The fourth-order valence-electron chi connectivity index (χ4n) is 2.58. The zero-order valence-corrected chi connectivity index (χ0v) is 11.3. The third-order valence-corrected chi connectivity index (χ3v) is 3.96. The van der Waals surface area contributed by atoms with Crippen LogP contribution in [0, 0.1) is 5.92 Å². The molecule has 0 radical (unpaired) electrons. The molecule has 18 heavy (non-hydrogen) atoms. The first-order valence-electron chi connectivity index (χ1n) is 6.46. The summed E-state index contributed by atoms with van der Waals surface area (Å²) in [5.74, 6) is 1.33. The van der Waals surface area contributed by atoms with Crippen molar-refractivity contribution in [3.05, 3.63) is 17.0 Å². The summed E-state index contributed by atoms with van der Waals surface area (Å²) in [6.07, 6.45) is 8.10. The van der Waals surface area contributed by atoms with Crippen LogP contribution < -0.4 is 5.32 Å². The molecule has 2 rings (SSSR count). The summed E-state index contributed by atoms with van der Waals surface area (Å²) in [6.45, 7) is 2.23. The summed E-state index contributed by atoms with van der Waals surface area (Å²) < 4.78 is 0. The molecule has 0 saturated heterocycles. The van der Waals surface area contributed by atoms with Gasteiger partial charge in [0.05, 0.1) is 5.56 Å². The first kappa shape index (κ1) is 13.3. The van der Waals surface area contributed by atoms with E-state index in [9.17, 15) is 4.79 Å². The molecule has 0 amide bonds. The molecule has 0 bridgehead atoms. The Labute approximate surface area is 112 Å². The second kappa shape index (κ2) is 6.14. The van der Waals surface area contributed by atoms with Crippen molar-refractivity contribution in [2.24, 2.45) is 5.92 Å². The molecular weight excluding hydrogens is 250 g/mol. The molecule has 5 heteroatoms. The van der Waals surface area contributed by atoms with Crippen LogP contribution in [-0.2, 0) is 0 Å². The van der Waals surface area contributed by atoms with Crippen molar-refractivity contribution in [1.29, 1.82) is 0 Å². The maximum Gasteiger partial charge on any atom is 0.156 e. The average Bonchev–Trinajstić information content (AvgIpc) is 2.39. The number of aromatic nitrogens is 2. The first-order valence-corrected chi connectivity index (χ1v) is 6.84. The third kappa shape index (κ3) is 2.99. The monoisotopic (exact) mass is 267 g/mol. The van der Waals surface area contributed by atoms with E-state index in [1.54, 1.807) is 0 Å². The molecule has 1 aromatic rings. The molecule has 2 atom stereocenters. The topological polar surface area (TPSA) is 54.9 Å². The first-order chi connectivity index (χ1) is 8.74. The van der Waals surface area contributed by atoms with E-state index in [0.29, 0.717) is 23.7 Å². The average molecular weight is 268 g/mol. The highest BCUT2D eigenvalue weighted by atomic mass is 35.5. The fraction of sp³-hybridized carbons (Fsp3) is 0.615. The summed E-state index contributed by atoms with van der Waals surface area (Å²) in [7, 11) is 0. The van der Waals surface area contributed by atoms with Gasteiger partial charge in [0.15, 0.2) is 6.29 Å².